The van der Waals surface area contributed by atoms with E-state index in [9.17, 15) is 18.0 Å². The topological polar surface area (TPSA) is 86.8 Å². The predicted molar refractivity (Wildman–Crippen MR) is 148 cm³/mol. The Balaban J connectivity index is 2.04. The predicted octanol–water partition coefficient (Wildman–Crippen LogP) is 5.31. The van der Waals surface area contributed by atoms with E-state index in [1.54, 1.807) is 43.3 Å². The highest BCUT2D eigenvalue weighted by atomic mass is 35.5. The van der Waals surface area contributed by atoms with Crippen LogP contribution in [0.15, 0.2) is 71.6 Å². The van der Waals surface area contributed by atoms with Gasteiger partial charge in [0.2, 0.25) is 11.8 Å². The number of likely N-dealkylation sites (N-methyl/N-ethyl adjacent to an activating group) is 1. The average Bonchev–Trinajstić information content (AvgIpc) is 2.87. The molecule has 0 bridgehead atoms. The maximum absolute atomic E-state index is 13.7. The summed E-state index contributed by atoms with van der Waals surface area (Å²) in [6.07, 6.45) is 0. The quantitative estimate of drug-likeness (QED) is 0.370. The van der Waals surface area contributed by atoms with Crippen LogP contribution in [0, 0.1) is 6.92 Å². The molecule has 0 spiro atoms. The van der Waals surface area contributed by atoms with Gasteiger partial charge in [-0.2, -0.15) is 0 Å². The van der Waals surface area contributed by atoms with Gasteiger partial charge in [0.1, 0.15) is 12.6 Å². The highest BCUT2D eigenvalue weighted by molar-refractivity contribution is 7.92. The third-order valence-corrected chi connectivity index (χ3v) is 8.50. The number of halogens is 3. The van der Waals surface area contributed by atoms with Crippen LogP contribution < -0.4 is 9.62 Å². The van der Waals surface area contributed by atoms with Gasteiger partial charge in [0.15, 0.2) is 0 Å². The van der Waals surface area contributed by atoms with E-state index < -0.39 is 34.4 Å². The van der Waals surface area contributed by atoms with Gasteiger partial charge in [-0.15, -0.1) is 0 Å². The minimum atomic E-state index is -4.16. The first-order chi connectivity index (χ1) is 17.4. The molecule has 0 aliphatic rings. The van der Waals surface area contributed by atoms with Crippen LogP contribution in [0.3, 0.4) is 0 Å². The zero-order valence-electron chi connectivity index (χ0n) is 20.4. The first-order valence-corrected chi connectivity index (χ1v) is 13.8. The third kappa shape index (κ3) is 6.96. The number of rotatable bonds is 9. The zero-order valence-corrected chi connectivity index (χ0v) is 23.5. The number of carbonyl (C=O) groups excluding carboxylic acids is 2. The second kappa shape index (κ2) is 12.2. The molecule has 0 unspecified atom stereocenters. The van der Waals surface area contributed by atoms with Gasteiger partial charge >= 0.3 is 0 Å². The maximum Gasteiger partial charge on any atom is 0.264 e. The number of sulfonamides is 1. The standard InChI is InChI=1S/C26H26Cl3N3O4S/c1-17-5-4-6-21(13-17)32(37(35,36)22-10-8-20(27)9-11-22)16-25(33)31(18(2)26(34)30-3)15-19-7-12-23(28)24(29)14-19/h4-14,18H,15-16H2,1-3H3,(H,30,34)/t18-/m0/s1. The van der Waals surface area contributed by atoms with Crippen LogP contribution in [-0.2, 0) is 26.2 Å². The Labute approximate surface area is 232 Å². The van der Waals surface area contributed by atoms with Crippen molar-refractivity contribution in [1.29, 1.82) is 0 Å². The van der Waals surface area contributed by atoms with E-state index >= 15 is 0 Å². The van der Waals surface area contributed by atoms with Gasteiger partial charge in [0, 0.05) is 18.6 Å². The van der Waals surface area contributed by atoms with E-state index in [2.05, 4.69) is 5.32 Å². The largest absolute Gasteiger partial charge is 0.357 e. The van der Waals surface area contributed by atoms with Gasteiger partial charge in [-0.3, -0.25) is 13.9 Å². The molecule has 0 aromatic heterocycles. The number of aryl methyl sites for hydroxylation is 1. The minimum absolute atomic E-state index is 0.00690. The normalized spacial score (nSPS) is 12.1. The number of benzene rings is 3. The van der Waals surface area contributed by atoms with Gasteiger partial charge in [0.05, 0.1) is 20.6 Å². The smallest absolute Gasteiger partial charge is 0.264 e. The summed E-state index contributed by atoms with van der Waals surface area (Å²) in [4.78, 5) is 27.5. The van der Waals surface area contributed by atoms with E-state index in [1.165, 1.54) is 36.2 Å². The van der Waals surface area contributed by atoms with Crippen LogP contribution in [0.25, 0.3) is 0 Å². The molecule has 2 amide bonds. The van der Waals surface area contributed by atoms with Crippen molar-refractivity contribution in [2.75, 3.05) is 17.9 Å². The molecule has 11 heteroatoms. The molecule has 3 aromatic carbocycles. The summed E-state index contributed by atoms with van der Waals surface area (Å²) in [6, 6.07) is 16.5. The fraction of sp³-hybridized carbons (Fsp3) is 0.231. The van der Waals surface area contributed by atoms with Gasteiger partial charge < -0.3 is 10.2 Å². The molecule has 0 saturated carbocycles. The third-order valence-electron chi connectivity index (χ3n) is 5.72. The lowest BCUT2D eigenvalue weighted by molar-refractivity contribution is -0.139. The Morgan fingerprint density at radius 1 is 0.946 bits per heavy atom. The summed E-state index contributed by atoms with van der Waals surface area (Å²) in [7, 11) is -2.70. The van der Waals surface area contributed by atoms with Crippen LogP contribution in [0.4, 0.5) is 5.69 Å². The zero-order chi connectivity index (χ0) is 27.3. The molecule has 0 aliphatic heterocycles. The van der Waals surface area contributed by atoms with Crippen molar-refractivity contribution >= 4 is 62.3 Å². The number of hydrogen-bond acceptors (Lipinski definition) is 4. The first kappa shape index (κ1) is 28.8. The molecule has 37 heavy (non-hydrogen) atoms. The lowest BCUT2D eigenvalue weighted by atomic mass is 10.1. The van der Waals surface area contributed by atoms with Gasteiger partial charge in [0.25, 0.3) is 10.0 Å². The second-order valence-electron chi connectivity index (χ2n) is 8.36. The molecule has 3 rings (SSSR count). The van der Waals surface area contributed by atoms with Gasteiger partial charge in [-0.25, -0.2) is 8.42 Å². The van der Waals surface area contributed by atoms with Crippen LogP contribution in [0.1, 0.15) is 18.1 Å². The molecule has 0 radical (unpaired) electrons. The minimum Gasteiger partial charge on any atom is -0.357 e. The van der Waals surface area contributed by atoms with Crippen LogP contribution in [-0.4, -0.2) is 44.8 Å². The van der Waals surface area contributed by atoms with E-state index in [0.717, 1.165) is 9.87 Å². The average molecular weight is 583 g/mol. The van der Waals surface area contributed by atoms with E-state index in [0.29, 0.717) is 26.3 Å². The molecule has 196 valence electrons. The number of carbonyl (C=O) groups is 2. The Morgan fingerprint density at radius 3 is 2.22 bits per heavy atom. The first-order valence-electron chi connectivity index (χ1n) is 11.2. The Kier molecular flexibility index (Phi) is 9.47. The maximum atomic E-state index is 13.7. The van der Waals surface area contributed by atoms with Gasteiger partial charge in [-0.1, -0.05) is 53.0 Å². The molecule has 1 atom stereocenters. The molecular weight excluding hydrogens is 557 g/mol. The Morgan fingerprint density at radius 2 is 1.62 bits per heavy atom. The van der Waals surface area contributed by atoms with Crippen molar-refractivity contribution in [3.8, 4) is 0 Å². The van der Waals surface area contributed by atoms with Crippen LogP contribution in [0.5, 0.6) is 0 Å². The number of amides is 2. The Bertz CT molecular complexity index is 1400. The lowest BCUT2D eigenvalue weighted by Gasteiger charge is -2.32. The van der Waals surface area contributed by atoms with E-state index in [4.69, 9.17) is 34.8 Å². The highest BCUT2D eigenvalue weighted by Crippen LogP contribution is 2.27. The summed E-state index contributed by atoms with van der Waals surface area (Å²) < 4.78 is 28.5. The Hall–Kier alpha value is -2.78. The highest BCUT2D eigenvalue weighted by Gasteiger charge is 2.32. The number of anilines is 1. The van der Waals surface area contributed by atoms with Crippen LogP contribution >= 0.6 is 34.8 Å². The van der Waals surface area contributed by atoms with E-state index in [-0.39, 0.29) is 11.4 Å². The molecule has 7 nitrogen and oxygen atoms in total. The van der Waals surface area contributed by atoms with Crippen molar-refractivity contribution in [2.45, 2.75) is 31.3 Å². The van der Waals surface area contributed by atoms with Crippen molar-refractivity contribution in [3.63, 3.8) is 0 Å². The van der Waals surface area contributed by atoms with Crippen LogP contribution in [0.2, 0.25) is 15.1 Å². The monoisotopic (exact) mass is 581 g/mol. The summed E-state index contributed by atoms with van der Waals surface area (Å²) in [5.41, 5.74) is 1.75. The summed E-state index contributed by atoms with van der Waals surface area (Å²) in [6.45, 7) is 2.85. The van der Waals surface area contributed by atoms with Gasteiger partial charge in [-0.05, 0) is 73.5 Å². The molecule has 0 heterocycles. The fourth-order valence-corrected chi connectivity index (χ4v) is 5.52. The van der Waals surface area contributed by atoms with Crippen molar-refractivity contribution in [1.82, 2.24) is 10.2 Å². The number of nitrogens with one attached hydrogen (secondary N) is 1. The number of nitrogens with zero attached hydrogens (tertiary/aromatic N) is 2. The number of hydrogen-bond donors (Lipinski definition) is 1. The SMILES string of the molecule is CNC(=O)[C@H](C)N(Cc1ccc(Cl)c(Cl)c1)C(=O)CN(c1cccc(C)c1)S(=O)(=O)c1ccc(Cl)cc1. The molecule has 0 fully saturated rings. The van der Waals surface area contributed by atoms with Crippen molar-refractivity contribution in [3.05, 3.63) is 92.9 Å². The molecule has 0 aliphatic carbocycles. The second-order valence-corrected chi connectivity index (χ2v) is 11.5. The van der Waals surface area contributed by atoms with E-state index in [1.807, 2.05) is 13.0 Å². The van der Waals surface area contributed by atoms with Crippen molar-refractivity contribution < 1.29 is 18.0 Å². The summed E-state index contributed by atoms with van der Waals surface area (Å²) >= 11 is 18.1. The summed E-state index contributed by atoms with van der Waals surface area (Å²) in [5.74, 6) is -0.989. The summed E-state index contributed by atoms with van der Waals surface area (Å²) in [5, 5.41) is 3.56. The fourth-order valence-electron chi connectivity index (χ4n) is 3.67. The molecular formula is C26H26Cl3N3O4S. The molecule has 1 N–H and O–H groups in total. The lowest BCUT2D eigenvalue weighted by Crippen LogP contribution is -2.50. The van der Waals surface area contributed by atoms with Crippen molar-refractivity contribution in [2.24, 2.45) is 0 Å². The molecule has 0 saturated heterocycles. The molecule has 3 aromatic rings.